The molecule has 0 spiro atoms. The molecule has 0 amide bonds. The first kappa shape index (κ1) is 16.1. The highest BCUT2D eigenvalue weighted by Crippen LogP contribution is 2.66. The molecule has 4 heteroatoms. The lowest BCUT2D eigenvalue weighted by atomic mass is 9.47. The van der Waals surface area contributed by atoms with Crippen LogP contribution in [-0.4, -0.2) is 25.7 Å². The Kier molecular flexibility index (Phi) is 3.38. The molecule has 3 nitrogen and oxygen atoms in total. The third-order valence-electron chi connectivity index (χ3n) is 8.54. The molecular formula is C19H30O3S. The molecular weight excluding hydrogens is 308 g/mol. The number of sulfone groups is 1. The zero-order chi connectivity index (χ0) is 16.6. The summed E-state index contributed by atoms with van der Waals surface area (Å²) in [6, 6.07) is 0. The van der Waals surface area contributed by atoms with Crippen molar-refractivity contribution in [3.05, 3.63) is 0 Å². The number of hydrogen-bond acceptors (Lipinski definition) is 3. The largest absolute Gasteiger partial charge is 0.300 e. The minimum Gasteiger partial charge on any atom is -0.300 e. The fourth-order valence-corrected chi connectivity index (χ4v) is 10.2. The molecule has 0 N–H and O–H groups in total. The van der Waals surface area contributed by atoms with Crippen molar-refractivity contribution in [3.63, 3.8) is 0 Å². The molecule has 7 atom stereocenters. The summed E-state index contributed by atoms with van der Waals surface area (Å²) in [6.45, 7) is 6.39. The number of carbonyl (C=O) groups is 1. The molecule has 0 radical (unpaired) electrons. The normalized spacial score (nSPS) is 54.1. The van der Waals surface area contributed by atoms with E-state index in [4.69, 9.17) is 0 Å². The fraction of sp³-hybridized carbons (Fsp3) is 0.947. The first-order valence-corrected chi connectivity index (χ1v) is 11.2. The van der Waals surface area contributed by atoms with Gasteiger partial charge < -0.3 is 0 Å². The summed E-state index contributed by atoms with van der Waals surface area (Å²) in [7, 11) is -2.85. The number of fused-ring (bicyclic) bond motifs is 5. The molecule has 0 bridgehead atoms. The van der Waals surface area contributed by atoms with Gasteiger partial charge in [0.2, 0.25) is 0 Å². The Balaban J connectivity index is 1.67. The lowest BCUT2D eigenvalue weighted by Gasteiger charge is -2.57. The van der Waals surface area contributed by atoms with Gasteiger partial charge in [-0.3, -0.25) is 4.79 Å². The van der Waals surface area contributed by atoms with E-state index in [2.05, 4.69) is 13.8 Å². The molecule has 0 unspecified atom stereocenters. The van der Waals surface area contributed by atoms with Crippen LogP contribution in [0, 0.1) is 40.4 Å². The molecule has 130 valence electrons. The molecule has 3 aliphatic carbocycles. The van der Waals surface area contributed by atoms with Crippen molar-refractivity contribution in [1.29, 1.82) is 0 Å². The van der Waals surface area contributed by atoms with E-state index >= 15 is 0 Å². The first-order chi connectivity index (χ1) is 10.7. The second-order valence-electron chi connectivity index (χ2n) is 9.50. The van der Waals surface area contributed by atoms with Crippen LogP contribution >= 0.6 is 0 Å². The molecule has 4 rings (SSSR count). The standard InChI is InChI=1S/C19H30O3S/c1-12(20)15-6-7-16-14-5-4-13-10-23(21,22)11-19(13,3)17(14)8-9-18(15,16)2/h13-17H,4-11H2,1-3H3/t13-,14-,15+,16-,17-,18+,19-/m0/s1. The van der Waals surface area contributed by atoms with E-state index in [0.717, 1.165) is 25.7 Å². The van der Waals surface area contributed by atoms with Crippen LogP contribution in [0.5, 0.6) is 0 Å². The molecule has 3 saturated carbocycles. The highest BCUT2D eigenvalue weighted by Gasteiger charge is 2.62. The van der Waals surface area contributed by atoms with E-state index in [-0.39, 0.29) is 16.7 Å². The van der Waals surface area contributed by atoms with Crippen molar-refractivity contribution in [1.82, 2.24) is 0 Å². The Morgan fingerprint density at radius 3 is 2.35 bits per heavy atom. The zero-order valence-corrected chi connectivity index (χ0v) is 15.5. The molecule has 1 heterocycles. The van der Waals surface area contributed by atoms with Crippen molar-refractivity contribution in [2.75, 3.05) is 11.5 Å². The number of Topliss-reactive ketones (excluding diaryl/α,β-unsaturated/α-hetero) is 1. The quantitative estimate of drug-likeness (QED) is 0.735. The van der Waals surface area contributed by atoms with E-state index in [1.165, 1.54) is 12.8 Å². The lowest BCUT2D eigenvalue weighted by Crippen LogP contribution is -2.52. The predicted molar refractivity (Wildman–Crippen MR) is 90.7 cm³/mol. The van der Waals surface area contributed by atoms with Gasteiger partial charge in [-0.05, 0) is 80.0 Å². The molecule has 0 aromatic heterocycles. The topological polar surface area (TPSA) is 51.2 Å². The number of ketones is 1. The van der Waals surface area contributed by atoms with Gasteiger partial charge >= 0.3 is 0 Å². The van der Waals surface area contributed by atoms with E-state index in [0.29, 0.717) is 41.0 Å². The molecule has 1 aliphatic heterocycles. The zero-order valence-electron chi connectivity index (χ0n) is 14.7. The maximum absolute atomic E-state index is 12.3. The number of hydrogen-bond donors (Lipinski definition) is 0. The van der Waals surface area contributed by atoms with Crippen LogP contribution < -0.4 is 0 Å². The average molecular weight is 339 g/mol. The lowest BCUT2D eigenvalue weighted by molar-refractivity contribution is -0.129. The summed E-state index contributed by atoms with van der Waals surface area (Å²) in [5.41, 5.74) is 0.172. The SMILES string of the molecule is CC(=O)[C@H]1CC[C@H]2[C@@H]3CC[C@H]4CS(=O)(=O)C[C@]4(C)[C@H]3CC[C@]12C. The van der Waals surface area contributed by atoms with Crippen LogP contribution in [0.2, 0.25) is 0 Å². The van der Waals surface area contributed by atoms with E-state index in [9.17, 15) is 13.2 Å². The summed E-state index contributed by atoms with van der Waals surface area (Å²) in [5.74, 6) is 3.66. The fourth-order valence-electron chi connectivity index (χ4n) is 7.54. The number of rotatable bonds is 1. The van der Waals surface area contributed by atoms with Crippen molar-refractivity contribution >= 4 is 15.6 Å². The van der Waals surface area contributed by atoms with E-state index < -0.39 is 9.84 Å². The van der Waals surface area contributed by atoms with Gasteiger partial charge in [0.25, 0.3) is 0 Å². The Morgan fingerprint density at radius 2 is 1.65 bits per heavy atom. The van der Waals surface area contributed by atoms with Crippen molar-refractivity contribution in [2.45, 2.75) is 59.3 Å². The van der Waals surface area contributed by atoms with Gasteiger partial charge in [-0.1, -0.05) is 13.8 Å². The summed E-state index contributed by atoms with van der Waals surface area (Å²) in [4.78, 5) is 12.1. The molecule has 4 aliphatic rings. The van der Waals surface area contributed by atoms with E-state index in [1.54, 1.807) is 6.92 Å². The molecule has 0 aromatic rings. The van der Waals surface area contributed by atoms with Gasteiger partial charge in [0.15, 0.2) is 9.84 Å². The Hall–Kier alpha value is -0.380. The van der Waals surface area contributed by atoms with Gasteiger partial charge in [-0.25, -0.2) is 8.42 Å². The van der Waals surface area contributed by atoms with Crippen LogP contribution in [0.3, 0.4) is 0 Å². The Labute approximate surface area is 140 Å². The van der Waals surface area contributed by atoms with E-state index in [1.807, 2.05) is 0 Å². The Bertz CT molecular complexity index is 639. The molecule has 1 saturated heterocycles. The third kappa shape index (κ3) is 2.12. The van der Waals surface area contributed by atoms with Crippen LogP contribution in [0.4, 0.5) is 0 Å². The summed E-state index contributed by atoms with van der Waals surface area (Å²) in [6.07, 6.45) is 6.74. The van der Waals surface area contributed by atoms with Crippen LogP contribution in [0.15, 0.2) is 0 Å². The summed E-state index contributed by atoms with van der Waals surface area (Å²) >= 11 is 0. The molecule has 0 aromatic carbocycles. The van der Waals surface area contributed by atoms with Crippen LogP contribution in [-0.2, 0) is 14.6 Å². The van der Waals surface area contributed by atoms with Gasteiger partial charge in [0.05, 0.1) is 11.5 Å². The van der Waals surface area contributed by atoms with Crippen molar-refractivity contribution in [3.8, 4) is 0 Å². The minimum atomic E-state index is -2.85. The van der Waals surface area contributed by atoms with Gasteiger partial charge in [0.1, 0.15) is 5.78 Å². The molecule has 4 fully saturated rings. The molecule has 23 heavy (non-hydrogen) atoms. The summed E-state index contributed by atoms with van der Waals surface area (Å²) in [5, 5.41) is 0. The summed E-state index contributed by atoms with van der Waals surface area (Å²) < 4.78 is 24.5. The van der Waals surface area contributed by atoms with Crippen LogP contribution in [0.1, 0.15) is 59.3 Å². The maximum Gasteiger partial charge on any atom is 0.151 e. The average Bonchev–Trinajstić information content (AvgIpc) is 2.90. The van der Waals surface area contributed by atoms with Gasteiger partial charge in [-0.2, -0.15) is 0 Å². The highest BCUT2D eigenvalue weighted by atomic mass is 32.2. The third-order valence-corrected chi connectivity index (χ3v) is 10.5. The van der Waals surface area contributed by atoms with Crippen LogP contribution in [0.25, 0.3) is 0 Å². The van der Waals surface area contributed by atoms with Crippen molar-refractivity contribution < 1.29 is 13.2 Å². The number of carbonyl (C=O) groups excluding carboxylic acids is 1. The second-order valence-corrected chi connectivity index (χ2v) is 11.6. The second kappa shape index (κ2) is 4.83. The Morgan fingerprint density at radius 1 is 0.957 bits per heavy atom. The highest BCUT2D eigenvalue weighted by molar-refractivity contribution is 7.91. The monoisotopic (exact) mass is 338 g/mol. The minimum absolute atomic E-state index is 0.00259. The van der Waals surface area contributed by atoms with Gasteiger partial charge in [-0.15, -0.1) is 0 Å². The smallest absolute Gasteiger partial charge is 0.151 e. The van der Waals surface area contributed by atoms with Crippen molar-refractivity contribution in [2.24, 2.45) is 40.4 Å². The first-order valence-electron chi connectivity index (χ1n) is 9.38. The maximum atomic E-state index is 12.3. The van der Waals surface area contributed by atoms with Gasteiger partial charge in [0, 0.05) is 5.92 Å². The predicted octanol–water partition coefficient (Wildman–Crippen LogP) is 3.48.